The Morgan fingerprint density at radius 3 is 2.80 bits per heavy atom. The summed E-state index contributed by atoms with van der Waals surface area (Å²) in [6.07, 6.45) is 5.34. The Morgan fingerprint density at radius 2 is 2.05 bits per heavy atom. The zero-order valence-corrected chi connectivity index (χ0v) is 11.2. The van der Waals surface area contributed by atoms with Gasteiger partial charge in [0.15, 0.2) is 5.82 Å². The van der Waals surface area contributed by atoms with Gasteiger partial charge in [-0.05, 0) is 23.8 Å². The van der Waals surface area contributed by atoms with Crippen molar-refractivity contribution in [3.05, 3.63) is 60.7 Å². The molecule has 100 valence electrons. The van der Waals surface area contributed by atoms with Crippen LogP contribution in [0.1, 0.15) is 5.56 Å². The van der Waals surface area contributed by atoms with Crippen molar-refractivity contribution in [1.82, 2.24) is 19.7 Å². The molecule has 5 nitrogen and oxygen atoms in total. The molecule has 0 radical (unpaired) electrons. The summed E-state index contributed by atoms with van der Waals surface area (Å²) in [7, 11) is 1.94. The molecule has 0 unspecified atom stereocenters. The maximum Gasteiger partial charge on any atom is 0.165 e. The zero-order chi connectivity index (χ0) is 13.8. The molecule has 0 aliphatic heterocycles. The number of hydrogen-bond donors (Lipinski definition) is 1. The first kappa shape index (κ1) is 12.3. The van der Waals surface area contributed by atoms with Crippen LogP contribution in [0.3, 0.4) is 0 Å². The maximum absolute atomic E-state index is 4.16. The minimum Gasteiger partial charge on any atom is -0.380 e. The third kappa shape index (κ3) is 2.51. The number of nitrogens with one attached hydrogen (secondary N) is 1. The summed E-state index contributed by atoms with van der Waals surface area (Å²) in [5.41, 5.74) is 3.21. The Hall–Kier alpha value is -2.69. The first-order chi connectivity index (χ1) is 9.84. The SMILES string of the molecule is Cn1cnnc1-c1ccccc1NCc1cccnc1. The molecule has 2 aromatic heterocycles. The van der Waals surface area contributed by atoms with Crippen molar-refractivity contribution in [2.75, 3.05) is 5.32 Å². The average Bonchev–Trinajstić information content (AvgIpc) is 2.92. The van der Waals surface area contributed by atoms with Crippen LogP contribution in [-0.2, 0) is 13.6 Å². The van der Waals surface area contributed by atoms with Gasteiger partial charge in [0.25, 0.3) is 0 Å². The van der Waals surface area contributed by atoms with Gasteiger partial charge in [-0.2, -0.15) is 0 Å². The lowest BCUT2D eigenvalue weighted by Crippen LogP contribution is -2.02. The first-order valence-electron chi connectivity index (χ1n) is 6.41. The molecule has 0 aliphatic carbocycles. The van der Waals surface area contributed by atoms with E-state index in [4.69, 9.17) is 0 Å². The summed E-state index contributed by atoms with van der Waals surface area (Å²) < 4.78 is 1.91. The minimum absolute atomic E-state index is 0.725. The molecule has 20 heavy (non-hydrogen) atoms. The highest BCUT2D eigenvalue weighted by Gasteiger charge is 2.09. The fraction of sp³-hybridized carbons (Fsp3) is 0.133. The van der Waals surface area contributed by atoms with Crippen LogP contribution >= 0.6 is 0 Å². The minimum atomic E-state index is 0.725. The number of anilines is 1. The van der Waals surface area contributed by atoms with Crippen LogP contribution in [-0.4, -0.2) is 19.7 Å². The Balaban J connectivity index is 1.86. The number of aryl methyl sites for hydroxylation is 1. The lowest BCUT2D eigenvalue weighted by atomic mass is 10.1. The van der Waals surface area contributed by atoms with Gasteiger partial charge in [-0.25, -0.2) is 0 Å². The molecule has 0 bridgehead atoms. The molecular weight excluding hydrogens is 250 g/mol. The fourth-order valence-electron chi connectivity index (χ4n) is 2.06. The molecule has 0 saturated heterocycles. The predicted molar refractivity (Wildman–Crippen MR) is 78.0 cm³/mol. The van der Waals surface area contributed by atoms with Gasteiger partial charge in [0.2, 0.25) is 0 Å². The van der Waals surface area contributed by atoms with E-state index in [0.29, 0.717) is 0 Å². The van der Waals surface area contributed by atoms with Crippen molar-refractivity contribution in [3.63, 3.8) is 0 Å². The van der Waals surface area contributed by atoms with E-state index in [1.807, 2.05) is 54.2 Å². The smallest absolute Gasteiger partial charge is 0.165 e. The van der Waals surface area contributed by atoms with E-state index in [1.54, 1.807) is 12.5 Å². The van der Waals surface area contributed by atoms with E-state index in [2.05, 4.69) is 20.5 Å². The van der Waals surface area contributed by atoms with Crippen molar-refractivity contribution >= 4 is 5.69 Å². The highest BCUT2D eigenvalue weighted by atomic mass is 15.2. The highest BCUT2D eigenvalue weighted by molar-refractivity contribution is 5.73. The van der Waals surface area contributed by atoms with Crippen LogP contribution in [0.15, 0.2) is 55.1 Å². The first-order valence-corrected chi connectivity index (χ1v) is 6.41. The van der Waals surface area contributed by atoms with Crippen molar-refractivity contribution in [2.45, 2.75) is 6.54 Å². The van der Waals surface area contributed by atoms with Gasteiger partial charge >= 0.3 is 0 Å². The highest BCUT2D eigenvalue weighted by Crippen LogP contribution is 2.25. The Kier molecular flexibility index (Phi) is 3.41. The summed E-state index contributed by atoms with van der Waals surface area (Å²) in [5.74, 6) is 0.847. The molecular formula is C15H15N5. The lowest BCUT2D eigenvalue weighted by Gasteiger charge is -2.11. The monoisotopic (exact) mass is 265 g/mol. The Labute approximate surface area is 117 Å². The van der Waals surface area contributed by atoms with Crippen molar-refractivity contribution < 1.29 is 0 Å². The molecule has 0 fully saturated rings. The summed E-state index contributed by atoms with van der Waals surface area (Å²) in [4.78, 5) is 4.12. The van der Waals surface area contributed by atoms with Crippen molar-refractivity contribution in [1.29, 1.82) is 0 Å². The van der Waals surface area contributed by atoms with E-state index >= 15 is 0 Å². The quantitative estimate of drug-likeness (QED) is 0.787. The predicted octanol–water partition coefficient (Wildman–Crippen LogP) is 2.49. The van der Waals surface area contributed by atoms with Crippen molar-refractivity contribution in [2.24, 2.45) is 7.05 Å². The second kappa shape index (κ2) is 5.52. The fourth-order valence-corrected chi connectivity index (χ4v) is 2.06. The van der Waals surface area contributed by atoms with Crippen LogP contribution in [0.4, 0.5) is 5.69 Å². The standard InChI is InChI=1S/C15H15N5/c1-20-11-18-19-15(20)13-6-2-3-7-14(13)17-10-12-5-4-8-16-9-12/h2-9,11,17H,10H2,1H3. The number of benzene rings is 1. The van der Waals surface area contributed by atoms with Crippen molar-refractivity contribution in [3.8, 4) is 11.4 Å². The molecule has 0 atom stereocenters. The van der Waals surface area contributed by atoms with Gasteiger partial charge < -0.3 is 9.88 Å². The third-order valence-corrected chi connectivity index (χ3v) is 3.09. The number of rotatable bonds is 4. The molecule has 2 heterocycles. The number of hydrogen-bond acceptors (Lipinski definition) is 4. The molecule has 1 aromatic carbocycles. The summed E-state index contributed by atoms with van der Waals surface area (Å²) in [6.45, 7) is 0.725. The molecule has 5 heteroatoms. The molecule has 0 spiro atoms. The molecule has 0 amide bonds. The molecule has 0 aliphatic rings. The molecule has 1 N–H and O–H groups in total. The topological polar surface area (TPSA) is 55.6 Å². The molecule has 3 rings (SSSR count). The summed E-state index contributed by atoms with van der Waals surface area (Å²) >= 11 is 0. The van der Waals surface area contributed by atoms with E-state index in [-0.39, 0.29) is 0 Å². The normalized spacial score (nSPS) is 10.4. The van der Waals surface area contributed by atoms with Gasteiger partial charge in [0.1, 0.15) is 6.33 Å². The largest absolute Gasteiger partial charge is 0.380 e. The van der Waals surface area contributed by atoms with Crippen LogP contribution in [0.25, 0.3) is 11.4 Å². The maximum atomic E-state index is 4.16. The van der Waals surface area contributed by atoms with E-state index in [1.165, 1.54) is 0 Å². The Morgan fingerprint density at radius 1 is 1.15 bits per heavy atom. The summed E-state index contributed by atoms with van der Waals surface area (Å²) in [5, 5.41) is 11.5. The van der Waals surface area contributed by atoms with Crippen LogP contribution in [0.5, 0.6) is 0 Å². The van der Waals surface area contributed by atoms with E-state index < -0.39 is 0 Å². The molecule has 0 saturated carbocycles. The van der Waals surface area contributed by atoms with Gasteiger partial charge in [-0.3, -0.25) is 4.98 Å². The number of aromatic nitrogens is 4. The van der Waals surface area contributed by atoms with E-state index in [0.717, 1.165) is 29.2 Å². The van der Waals surface area contributed by atoms with Crippen LogP contribution in [0.2, 0.25) is 0 Å². The lowest BCUT2D eigenvalue weighted by molar-refractivity contribution is 0.919. The second-order valence-electron chi connectivity index (χ2n) is 4.53. The van der Waals surface area contributed by atoms with Gasteiger partial charge in [0.05, 0.1) is 0 Å². The van der Waals surface area contributed by atoms with Crippen LogP contribution < -0.4 is 5.32 Å². The Bertz CT molecular complexity index is 690. The zero-order valence-electron chi connectivity index (χ0n) is 11.2. The summed E-state index contributed by atoms with van der Waals surface area (Å²) in [6, 6.07) is 12.1. The number of para-hydroxylation sites is 1. The third-order valence-electron chi connectivity index (χ3n) is 3.09. The number of nitrogens with zero attached hydrogens (tertiary/aromatic N) is 4. The van der Waals surface area contributed by atoms with Gasteiger partial charge in [-0.15, -0.1) is 10.2 Å². The van der Waals surface area contributed by atoms with Crippen LogP contribution in [0, 0.1) is 0 Å². The van der Waals surface area contributed by atoms with E-state index in [9.17, 15) is 0 Å². The number of pyridine rings is 1. The second-order valence-corrected chi connectivity index (χ2v) is 4.53. The average molecular weight is 265 g/mol. The van der Waals surface area contributed by atoms with Gasteiger partial charge in [-0.1, -0.05) is 18.2 Å². The van der Waals surface area contributed by atoms with Gasteiger partial charge in [0, 0.05) is 37.2 Å². The molecule has 3 aromatic rings.